The fourth-order valence-electron chi connectivity index (χ4n) is 1.45. The molecule has 0 aromatic heterocycles. The van der Waals surface area contributed by atoms with Crippen LogP contribution in [0.25, 0.3) is 0 Å². The Labute approximate surface area is 86.7 Å². The average Bonchev–Trinajstić information content (AvgIpc) is 2.16. The number of anilines is 1. The zero-order valence-corrected chi connectivity index (χ0v) is 9.52. The molecule has 0 aliphatic rings. The highest BCUT2D eigenvalue weighted by Gasteiger charge is 2.02. The zero-order valence-electron chi connectivity index (χ0n) is 9.52. The molecule has 1 aromatic carbocycles. The second-order valence-electron chi connectivity index (χ2n) is 3.84. The molecule has 1 atom stereocenters. The van der Waals surface area contributed by atoms with Gasteiger partial charge in [0.1, 0.15) is 0 Å². The van der Waals surface area contributed by atoms with Crippen LogP contribution >= 0.6 is 0 Å². The highest BCUT2D eigenvalue weighted by atomic mass is 15.0. The Hall–Kier alpha value is -1.02. The van der Waals surface area contributed by atoms with Gasteiger partial charge in [0.25, 0.3) is 0 Å². The van der Waals surface area contributed by atoms with Gasteiger partial charge in [-0.3, -0.25) is 0 Å². The van der Waals surface area contributed by atoms with Gasteiger partial charge in [-0.05, 0) is 38.9 Å². The van der Waals surface area contributed by atoms with Crippen molar-refractivity contribution in [3.8, 4) is 0 Å². The third-order valence-corrected chi connectivity index (χ3v) is 2.56. The summed E-state index contributed by atoms with van der Waals surface area (Å²) >= 11 is 0. The molecule has 1 unspecified atom stereocenters. The summed E-state index contributed by atoms with van der Waals surface area (Å²) in [4.78, 5) is 0. The molecule has 78 valence electrons. The van der Waals surface area contributed by atoms with E-state index >= 15 is 0 Å². The van der Waals surface area contributed by atoms with Gasteiger partial charge in [-0.25, -0.2) is 0 Å². The number of para-hydroxylation sites is 1. The summed E-state index contributed by atoms with van der Waals surface area (Å²) in [6.45, 7) is 7.40. The maximum absolute atomic E-state index is 3.47. The van der Waals surface area contributed by atoms with E-state index in [2.05, 4.69) is 49.6 Å². The summed E-state index contributed by atoms with van der Waals surface area (Å²) in [5, 5.41) is 6.68. The summed E-state index contributed by atoms with van der Waals surface area (Å²) in [7, 11) is 1.98. The van der Waals surface area contributed by atoms with Gasteiger partial charge < -0.3 is 10.6 Å². The van der Waals surface area contributed by atoms with Crippen molar-refractivity contribution in [3.05, 3.63) is 29.3 Å². The molecular weight excluding hydrogens is 172 g/mol. The Morgan fingerprint density at radius 2 is 1.79 bits per heavy atom. The van der Waals surface area contributed by atoms with E-state index < -0.39 is 0 Å². The van der Waals surface area contributed by atoms with Crippen molar-refractivity contribution in [1.29, 1.82) is 0 Å². The molecule has 0 aliphatic carbocycles. The van der Waals surface area contributed by atoms with Gasteiger partial charge in [-0.2, -0.15) is 0 Å². The molecule has 0 radical (unpaired) electrons. The van der Waals surface area contributed by atoms with Crippen LogP contribution in [0.4, 0.5) is 5.69 Å². The van der Waals surface area contributed by atoms with Crippen molar-refractivity contribution >= 4 is 5.69 Å². The van der Waals surface area contributed by atoms with Gasteiger partial charge in [0.15, 0.2) is 0 Å². The van der Waals surface area contributed by atoms with E-state index in [4.69, 9.17) is 0 Å². The molecule has 2 heteroatoms. The van der Waals surface area contributed by atoms with E-state index in [1.54, 1.807) is 0 Å². The first kappa shape index (κ1) is 11.1. The molecule has 14 heavy (non-hydrogen) atoms. The van der Waals surface area contributed by atoms with Gasteiger partial charge in [0.05, 0.1) is 0 Å². The predicted octanol–water partition coefficient (Wildman–Crippen LogP) is 2.32. The topological polar surface area (TPSA) is 24.1 Å². The quantitative estimate of drug-likeness (QED) is 0.765. The van der Waals surface area contributed by atoms with Crippen LogP contribution in [0.2, 0.25) is 0 Å². The minimum Gasteiger partial charge on any atom is -0.383 e. The highest BCUT2D eigenvalue weighted by Crippen LogP contribution is 2.18. The molecular formula is C12H20N2. The third-order valence-electron chi connectivity index (χ3n) is 2.56. The molecule has 2 N–H and O–H groups in total. The molecule has 0 fully saturated rings. The van der Waals surface area contributed by atoms with Crippen LogP contribution in [0.5, 0.6) is 0 Å². The van der Waals surface area contributed by atoms with Crippen molar-refractivity contribution in [1.82, 2.24) is 5.32 Å². The predicted molar refractivity (Wildman–Crippen MR) is 62.9 cm³/mol. The lowest BCUT2D eigenvalue weighted by Crippen LogP contribution is -2.29. The third kappa shape index (κ3) is 2.74. The fraction of sp³-hybridized carbons (Fsp3) is 0.500. The van der Waals surface area contributed by atoms with Crippen molar-refractivity contribution in [3.63, 3.8) is 0 Å². The summed E-state index contributed by atoms with van der Waals surface area (Å²) < 4.78 is 0. The molecule has 0 saturated heterocycles. The summed E-state index contributed by atoms with van der Waals surface area (Å²) in [6.07, 6.45) is 0. The molecule has 1 aromatic rings. The van der Waals surface area contributed by atoms with Gasteiger partial charge in [-0.15, -0.1) is 0 Å². The van der Waals surface area contributed by atoms with Crippen LogP contribution < -0.4 is 10.6 Å². The van der Waals surface area contributed by atoms with E-state index in [0.29, 0.717) is 6.04 Å². The summed E-state index contributed by atoms with van der Waals surface area (Å²) in [6, 6.07) is 6.87. The van der Waals surface area contributed by atoms with E-state index in [-0.39, 0.29) is 0 Å². The lowest BCUT2D eigenvalue weighted by Gasteiger charge is -2.16. The first-order valence-electron chi connectivity index (χ1n) is 5.12. The molecule has 0 aliphatic heterocycles. The second kappa shape index (κ2) is 5.01. The largest absolute Gasteiger partial charge is 0.383 e. The number of hydrogen-bond acceptors (Lipinski definition) is 2. The molecule has 0 bridgehead atoms. The van der Waals surface area contributed by atoms with Gasteiger partial charge in [0, 0.05) is 18.3 Å². The van der Waals surface area contributed by atoms with Crippen molar-refractivity contribution in [2.45, 2.75) is 26.8 Å². The molecule has 2 nitrogen and oxygen atoms in total. The van der Waals surface area contributed by atoms with Crippen molar-refractivity contribution in [2.24, 2.45) is 0 Å². The lowest BCUT2D eigenvalue weighted by molar-refractivity contribution is 0.638. The van der Waals surface area contributed by atoms with E-state index in [1.165, 1.54) is 16.8 Å². The van der Waals surface area contributed by atoms with Gasteiger partial charge in [0.2, 0.25) is 0 Å². The highest BCUT2D eigenvalue weighted by molar-refractivity contribution is 5.56. The maximum Gasteiger partial charge on any atom is 0.0400 e. The Balaban J connectivity index is 2.66. The standard InChI is InChI=1S/C12H20N2/c1-9-6-5-7-10(2)12(9)14-8-11(3)13-4/h5-7,11,13-14H,8H2,1-4H3. The molecule has 0 amide bonds. The first-order valence-corrected chi connectivity index (χ1v) is 5.12. The van der Waals surface area contributed by atoms with Crippen LogP contribution in [0.15, 0.2) is 18.2 Å². The minimum absolute atomic E-state index is 0.494. The van der Waals surface area contributed by atoms with E-state index in [0.717, 1.165) is 6.54 Å². The molecule has 0 heterocycles. The summed E-state index contributed by atoms with van der Waals surface area (Å²) in [5.41, 5.74) is 3.90. The average molecular weight is 192 g/mol. The van der Waals surface area contributed by atoms with E-state index in [9.17, 15) is 0 Å². The fourth-order valence-corrected chi connectivity index (χ4v) is 1.45. The van der Waals surface area contributed by atoms with Crippen LogP contribution in [0.3, 0.4) is 0 Å². The van der Waals surface area contributed by atoms with Crippen LogP contribution in [-0.4, -0.2) is 19.6 Å². The van der Waals surface area contributed by atoms with Crippen molar-refractivity contribution < 1.29 is 0 Å². The molecule has 0 saturated carbocycles. The normalized spacial score (nSPS) is 12.6. The second-order valence-corrected chi connectivity index (χ2v) is 3.84. The number of nitrogens with one attached hydrogen (secondary N) is 2. The monoisotopic (exact) mass is 192 g/mol. The number of likely N-dealkylation sites (N-methyl/N-ethyl adjacent to an activating group) is 1. The number of benzene rings is 1. The summed E-state index contributed by atoms with van der Waals surface area (Å²) in [5.74, 6) is 0. The lowest BCUT2D eigenvalue weighted by atomic mass is 10.1. The number of hydrogen-bond donors (Lipinski definition) is 2. The minimum atomic E-state index is 0.494. The van der Waals surface area contributed by atoms with Gasteiger partial charge >= 0.3 is 0 Å². The van der Waals surface area contributed by atoms with E-state index in [1.807, 2.05) is 7.05 Å². The van der Waals surface area contributed by atoms with Crippen LogP contribution in [0, 0.1) is 13.8 Å². The van der Waals surface area contributed by atoms with Crippen molar-refractivity contribution in [2.75, 3.05) is 18.9 Å². The first-order chi connectivity index (χ1) is 6.65. The number of rotatable bonds is 4. The Kier molecular flexibility index (Phi) is 3.96. The maximum atomic E-state index is 3.47. The Bertz CT molecular complexity index is 274. The Morgan fingerprint density at radius 1 is 1.21 bits per heavy atom. The van der Waals surface area contributed by atoms with Crippen LogP contribution in [-0.2, 0) is 0 Å². The zero-order chi connectivity index (χ0) is 10.6. The van der Waals surface area contributed by atoms with Gasteiger partial charge in [-0.1, -0.05) is 18.2 Å². The number of aryl methyl sites for hydroxylation is 2. The molecule has 1 rings (SSSR count). The van der Waals surface area contributed by atoms with Crippen LogP contribution in [0.1, 0.15) is 18.1 Å². The molecule has 0 spiro atoms. The smallest absolute Gasteiger partial charge is 0.0400 e. The Morgan fingerprint density at radius 3 is 2.29 bits per heavy atom. The SMILES string of the molecule is CNC(C)CNc1c(C)cccc1C.